The highest BCUT2D eigenvalue weighted by atomic mass is 35.5. The van der Waals surface area contributed by atoms with Crippen LogP contribution in [0.25, 0.3) is 0 Å². The van der Waals surface area contributed by atoms with Crippen LogP contribution in [0.2, 0.25) is 0 Å². The van der Waals surface area contributed by atoms with Gasteiger partial charge < -0.3 is 0 Å². The SMILES string of the molecule is CC=CCCC1CCC(c2cnc(C3CCC(C=CCl)CC3)nc2)CC1. The lowest BCUT2D eigenvalue weighted by Gasteiger charge is -2.29. The molecule has 0 bridgehead atoms. The molecule has 0 aliphatic heterocycles. The summed E-state index contributed by atoms with van der Waals surface area (Å²) in [6.07, 6.45) is 23.6. The third-order valence-electron chi connectivity index (χ3n) is 6.47. The molecule has 2 fully saturated rings. The van der Waals surface area contributed by atoms with Gasteiger partial charge in [-0.25, -0.2) is 9.97 Å². The lowest BCUT2D eigenvalue weighted by Crippen LogP contribution is -2.16. The van der Waals surface area contributed by atoms with Crippen molar-refractivity contribution in [3.8, 4) is 0 Å². The molecule has 2 aliphatic carbocycles. The Hall–Kier alpha value is -1.15. The van der Waals surface area contributed by atoms with Gasteiger partial charge in [-0.2, -0.15) is 0 Å². The van der Waals surface area contributed by atoms with Crippen LogP contribution in [-0.2, 0) is 0 Å². The van der Waals surface area contributed by atoms with E-state index in [-0.39, 0.29) is 0 Å². The lowest BCUT2D eigenvalue weighted by atomic mass is 9.77. The van der Waals surface area contributed by atoms with Gasteiger partial charge in [-0.15, -0.1) is 0 Å². The van der Waals surface area contributed by atoms with Crippen LogP contribution in [0, 0.1) is 11.8 Å². The summed E-state index contributed by atoms with van der Waals surface area (Å²) in [5, 5.41) is 0. The Morgan fingerprint density at radius 1 is 0.962 bits per heavy atom. The molecule has 1 heterocycles. The summed E-state index contributed by atoms with van der Waals surface area (Å²) < 4.78 is 0. The molecule has 0 amide bonds. The van der Waals surface area contributed by atoms with Gasteiger partial charge in [0.15, 0.2) is 0 Å². The Bertz CT molecular complexity index is 577. The molecule has 0 aromatic carbocycles. The highest BCUT2D eigenvalue weighted by Gasteiger charge is 2.25. The second-order valence-corrected chi connectivity index (χ2v) is 8.42. The number of hydrogen-bond acceptors (Lipinski definition) is 2. The Kier molecular flexibility index (Phi) is 7.73. The molecule has 0 radical (unpaired) electrons. The van der Waals surface area contributed by atoms with Crippen molar-refractivity contribution in [2.45, 2.75) is 83.0 Å². The monoisotopic (exact) mass is 372 g/mol. The van der Waals surface area contributed by atoms with E-state index in [2.05, 4.69) is 37.5 Å². The molecule has 0 N–H and O–H groups in total. The molecule has 3 rings (SSSR count). The number of rotatable bonds is 6. The summed E-state index contributed by atoms with van der Waals surface area (Å²) in [7, 11) is 0. The topological polar surface area (TPSA) is 25.8 Å². The highest BCUT2D eigenvalue weighted by molar-refractivity contribution is 6.25. The van der Waals surface area contributed by atoms with Gasteiger partial charge in [-0.1, -0.05) is 29.8 Å². The predicted molar refractivity (Wildman–Crippen MR) is 110 cm³/mol. The summed E-state index contributed by atoms with van der Waals surface area (Å²) in [6.45, 7) is 2.11. The average Bonchev–Trinajstić information content (AvgIpc) is 2.70. The molecule has 2 saturated carbocycles. The van der Waals surface area contributed by atoms with Gasteiger partial charge in [0.25, 0.3) is 0 Å². The van der Waals surface area contributed by atoms with Crippen LogP contribution >= 0.6 is 11.6 Å². The van der Waals surface area contributed by atoms with Gasteiger partial charge >= 0.3 is 0 Å². The van der Waals surface area contributed by atoms with Crippen molar-refractivity contribution in [2.75, 3.05) is 0 Å². The number of allylic oxidation sites excluding steroid dienone is 3. The fraction of sp³-hybridized carbons (Fsp3) is 0.652. The molecule has 2 aliphatic rings. The van der Waals surface area contributed by atoms with Crippen LogP contribution in [0.1, 0.15) is 94.4 Å². The molecule has 0 atom stereocenters. The smallest absolute Gasteiger partial charge is 0.131 e. The summed E-state index contributed by atoms with van der Waals surface area (Å²) in [5.41, 5.74) is 3.03. The van der Waals surface area contributed by atoms with E-state index in [1.54, 1.807) is 5.54 Å². The predicted octanol–water partition coefficient (Wildman–Crippen LogP) is 7.13. The molecule has 3 heteroatoms. The maximum atomic E-state index is 5.71. The van der Waals surface area contributed by atoms with Crippen molar-refractivity contribution >= 4 is 11.6 Å². The third kappa shape index (κ3) is 5.42. The average molecular weight is 373 g/mol. The van der Waals surface area contributed by atoms with Crippen molar-refractivity contribution in [3.05, 3.63) is 47.5 Å². The number of aromatic nitrogens is 2. The minimum absolute atomic E-state index is 0.534. The van der Waals surface area contributed by atoms with E-state index in [4.69, 9.17) is 21.6 Å². The fourth-order valence-electron chi connectivity index (χ4n) is 4.73. The first-order valence-corrected chi connectivity index (χ1v) is 10.9. The van der Waals surface area contributed by atoms with Gasteiger partial charge in [0.1, 0.15) is 5.82 Å². The molecule has 0 saturated heterocycles. The summed E-state index contributed by atoms with van der Waals surface area (Å²) in [6, 6.07) is 0. The van der Waals surface area contributed by atoms with Gasteiger partial charge in [0.2, 0.25) is 0 Å². The van der Waals surface area contributed by atoms with Crippen LogP contribution in [0.15, 0.2) is 36.2 Å². The first-order chi connectivity index (χ1) is 12.8. The van der Waals surface area contributed by atoms with Gasteiger partial charge in [-0.3, -0.25) is 0 Å². The maximum Gasteiger partial charge on any atom is 0.131 e. The summed E-state index contributed by atoms with van der Waals surface area (Å²) in [5.74, 6) is 3.82. The second kappa shape index (κ2) is 10.3. The Labute approximate surface area is 164 Å². The molecular weight excluding hydrogens is 340 g/mol. The third-order valence-corrected chi connectivity index (χ3v) is 6.61. The first-order valence-electron chi connectivity index (χ1n) is 10.5. The normalized spacial score (nSPS) is 30.2. The molecule has 0 spiro atoms. The minimum Gasteiger partial charge on any atom is -0.241 e. The molecule has 2 nitrogen and oxygen atoms in total. The largest absolute Gasteiger partial charge is 0.241 e. The van der Waals surface area contributed by atoms with Crippen molar-refractivity contribution in [1.82, 2.24) is 9.97 Å². The van der Waals surface area contributed by atoms with E-state index >= 15 is 0 Å². The Balaban J connectivity index is 1.48. The van der Waals surface area contributed by atoms with E-state index < -0.39 is 0 Å². The second-order valence-electron chi connectivity index (χ2n) is 8.17. The molecule has 142 valence electrons. The maximum absolute atomic E-state index is 5.71. The zero-order valence-corrected chi connectivity index (χ0v) is 16.9. The van der Waals surface area contributed by atoms with Gasteiger partial charge in [-0.05, 0) is 94.4 Å². The van der Waals surface area contributed by atoms with E-state index in [9.17, 15) is 0 Å². The van der Waals surface area contributed by atoms with Crippen molar-refractivity contribution in [3.63, 3.8) is 0 Å². The van der Waals surface area contributed by atoms with Crippen molar-refractivity contribution < 1.29 is 0 Å². The van der Waals surface area contributed by atoms with Crippen LogP contribution in [0.4, 0.5) is 0 Å². The number of halogens is 1. The van der Waals surface area contributed by atoms with E-state index in [1.807, 2.05) is 0 Å². The summed E-state index contributed by atoms with van der Waals surface area (Å²) >= 11 is 5.71. The zero-order valence-electron chi connectivity index (χ0n) is 16.1. The lowest BCUT2D eigenvalue weighted by molar-refractivity contribution is 0.311. The number of nitrogens with zero attached hydrogens (tertiary/aromatic N) is 2. The van der Waals surface area contributed by atoms with Crippen LogP contribution in [-0.4, -0.2) is 9.97 Å². The molecule has 1 aromatic heterocycles. The Morgan fingerprint density at radius 3 is 2.23 bits per heavy atom. The molecule has 26 heavy (non-hydrogen) atoms. The van der Waals surface area contributed by atoms with Crippen LogP contribution < -0.4 is 0 Å². The van der Waals surface area contributed by atoms with E-state index in [0.29, 0.717) is 17.8 Å². The van der Waals surface area contributed by atoms with Crippen molar-refractivity contribution in [2.24, 2.45) is 11.8 Å². The molecular formula is C23H33ClN2. The van der Waals surface area contributed by atoms with Gasteiger partial charge in [0.05, 0.1) is 0 Å². The highest BCUT2D eigenvalue weighted by Crippen LogP contribution is 2.38. The van der Waals surface area contributed by atoms with Gasteiger partial charge in [0, 0.05) is 23.8 Å². The van der Waals surface area contributed by atoms with E-state index in [0.717, 1.165) is 11.7 Å². The van der Waals surface area contributed by atoms with Crippen LogP contribution in [0.3, 0.4) is 0 Å². The fourth-order valence-corrected chi connectivity index (χ4v) is 4.93. The molecule has 1 aromatic rings. The van der Waals surface area contributed by atoms with E-state index in [1.165, 1.54) is 69.8 Å². The zero-order chi connectivity index (χ0) is 18.2. The standard InChI is InChI=1S/C23H33ClN2/c1-2-3-4-5-18-6-10-20(11-7-18)22-16-25-23(26-17-22)21-12-8-19(9-13-21)14-15-24/h2-3,14-21H,4-13H2,1H3. The first kappa shape index (κ1) is 19.6. The number of hydrogen-bond donors (Lipinski definition) is 0. The van der Waals surface area contributed by atoms with Crippen molar-refractivity contribution in [1.29, 1.82) is 0 Å². The summed E-state index contributed by atoms with van der Waals surface area (Å²) in [4.78, 5) is 9.53. The molecule has 0 unspecified atom stereocenters. The Morgan fingerprint density at radius 2 is 1.62 bits per heavy atom. The minimum atomic E-state index is 0.534. The quantitative estimate of drug-likeness (QED) is 0.496. The van der Waals surface area contributed by atoms with Crippen LogP contribution in [0.5, 0.6) is 0 Å².